The molecule has 1 aromatic heterocycles. The maximum absolute atomic E-state index is 12.7. The molecule has 0 saturated carbocycles. The first-order valence-corrected chi connectivity index (χ1v) is 8.95. The van der Waals surface area contributed by atoms with Crippen LogP contribution in [0.2, 0.25) is 0 Å². The normalized spacial score (nSPS) is 10.6. The van der Waals surface area contributed by atoms with Crippen molar-refractivity contribution in [1.29, 1.82) is 0 Å². The standard InChI is InChI=1S/C21H21N3O5/c1-13(25)14-5-4-6-15(9-14)23-20(26)7-8-24-12-22-17-11-19(29-3)18(28-2)10-16(17)21(24)27/h4-6,9-12H,7-8H2,1-3H3,(H,23,26). The quantitative estimate of drug-likeness (QED) is 0.618. The van der Waals surface area contributed by atoms with Gasteiger partial charge in [0.2, 0.25) is 5.91 Å². The van der Waals surface area contributed by atoms with E-state index in [0.29, 0.717) is 33.7 Å². The molecule has 0 atom stereocenters. The number of methoxy groups -OCH3 is 2. The lowest BCUT2D eigenvalue weighted by molar-refractivity contribution is -0.116. The lowest BCUT2D eigenvalue weighted by Gasteiger charge is -2.11. The Hall–Kier alpha value is -3.68. The van der Waals surface area contributed by atoms with Crippen molar-refractivity contribution in [2.45, 2.75) is 19.9 Å². The number of aromatic nitrogens is 2. The third-order valence-corrected chi connectivity index (χ3v) is 4.46. The van der Waals surface area contributed by atoms with Crippen LogP contribution in [-0.2, 0) is 11.3 Å². The van der Waals surface area contributed by atoms with Crippen LogP contribution in [0.5, 0.6) is 11.5 Å². The zero-order valence-corrected chi connectivity index (χ0v) is 16.4. The minimum Gasteiger partial charge on any atom is -0.493 e. The Kier molecular flexibility index (Phi) is 5.92. The molecule has 0 unspecified atom stereocenters. The van der Waals surface area contributed by atoms with Crippen LogP contribution in [0, 0.1) is 0 Å². The van der Waals surface area contributed by atoms with E-state index in [-0.39, 0.29) is 30.2 Å². The van der Waals surface area contributed by atoms with E-state index in [9.17, 15) is 14.4 Å². The molecule has 0 aliphatic carbocycles. The number of hydrogen-bond donors (Lipinski definition) is 1. The molecule has 0 bridgehead atoms. The summed E-state index contributed by atoms with van der Waals surface area (Å²) >= 11 is 0. The second kappa shape index (κ2) is 8.55. The van der Waals surface area contributed by atoms with Gasteiger partial charge >= 0.3 is 0 Å². The molecule has 150 valence electrons. The monoisotopic (exact) mass is 395 g/mol. The fraction of sp³-hybridized carbons (Fsp3) is 0.238. The third kappa shape index (κ3) is 4.43. The number of rotatable bonds is 7. The molecule has 2 aromatic carbocycles. The Balaban J connectivity index is 1.75. The maximum atomic E-state index is 12.7. The summed E-state index contributed by atoms with van der Waals surface area (Å²) in [6, 6.07) is 9.91. The van der Waals surface area contributed by atoms with E-state index < -0.39 is 0 Å². The number of anilines is 1. The summed E-state index contributed by atoms with van der Waals surface area (Å²) in [6.07, 6.45) is 1.48. The summed E-state index contributed by atoms with van der Waals surface area (Å²) in [5.41, 5.74) is 1.25. The number of carbonyl (C=O) groups is 2. The number of nitrogens with zero attached hydrogens (tertiary/aromatic N) is 2. The molecule has 0 fully saturated rings. The number of ketones is 1. The van der Waals surface area contributed by atoms with Gasteiger partial charge in [-0.05, 0) is 25.1 Å². The van der Waals surface area contributed by atoms with Crippen LogP contribution in [-0.4, -0.2) is 35.5 Å². The van der Waals surface area contributed by atoms with Crippen LogP contribution < -0.4 is 20.3 Å². The van der Waals surface area contributed by atoms with E-state index in [2.05, 4.69) is 10.3 Å². The number of fused-ring (bicyclic) bond motifs is 1. The first kappa shape index (κ1) is 20.1. The van der Waals surface area contributed by atoms with Gasteiger partial charge in [0.05, 0.1) is 31.4 Å². The smallest absolute Gasteiger partial charge is 0.261 e. The SMILES string of the molecule is COc1cc2ncn(CCC(=O)Nc3cccc(C(C)=O)c3)c(=O)c2cc1OC. The molecule has 1 amide bonds. The van der Waals surface area contributed by atoms with Crippen LogP contribution in [0.3, 0.4) is 0 Å². The number of Topliss-reactive ketones (excluding diaryl/α,β-unsaturated/α-hetero) is 1. The Morgan fingerprint density at radius 3 is 2.52 bits per heavy atom. The Bertz CT molecular complexity index is 1140. The number of amides is 1. The second-order valence-electron chi connectivity index (χ2n) is 6.40. The Labute approximate surface area is 167 Å². The van der Waals surface area contributed by atoms with Gasteiger partial charge in [-0.3, -0.25) is 19.0 Å². The third-order valence-electron chi connectivity index (χ3n) is 4.46. The molecule has 0 radical (unpaired) electrons. The second-order valence-corrected chi connectivity index (χ2v) is 6.40. The van der Waals surface area contributed by atoms with E-state index in [1.165, 1.54) is 32.0 Å². The molecule has 29 heavy (non-hydrogen) atoms. The largest absolute Gasteiger partial charge is 0.493 e. The average molecular weight is 395 g/mol. The molecular formula is C21H21N3O5. The average Bonchev–Trinajstić information content (AvgIpc) is 2.72. The zero-order chi connectivity index (χ0) is 21.0. The molecule has 3 aromatic rings. The van der Waals surface area contributed by atoms with E-state index in [0.717, 1.165) is 0 Å². The molecule has 0 saturated heterocycles. The van der Waals surface area contributed by atoms with Crippen molar-refractivity contribution in [2.24, 2.45) is 0 Å². The van der Waals surface area contributed by atoms with Gasteiger partial charge in [-0.2, -0.15) is 0 Å². The van der Waals surface area contributed by atoms with Gasteiger partial charge in [0.1, 0.15) is 0 Å². The molecule has 0 aliphatic heterocycles. The first-order valence-electron chi connectivity index (χ1n) is 8.95. The number of ether oxygens (including phenoxy) is 2. The lowest BCUT2D eigenvalue weighted by atomic mass is 10.1. The number of nitrogens with one attached hydrogen (secondary N) is 1. The summed E-state index contributed by atoms with van der Waals surface area (Å²) in [7, 11) is 3.00. The van der Waals surface area contributed by atoms with Crippen molar-refractivity contribution in [3.63, 3.8) is 0 Å². The minimum absolute atomic E-state index is 0.0741. The predicted molar refractivity (Wildman–Crippen MR) is 109 cm³/mol. The van der Waals surface area contributed by atoms with Crippen molar-refractivity contribution in [1.82, 2.24) is 9.55 Å². The van der Waals surface area contributed by atoms with Crippen LogP contribution in [0.15, 0.2) is 47.5 Å². The Morgan fingerprint density at radius 1 is 1.10 bits per heavy atom. The summed E-state index contributed by atoms with van der Waals surface area (Å²) in [5, 5.41) is 3.11. The van der Waals surface area contributed by atoms with Crippen molar-refractivity contribution in [2.75, 3.05) is 19.5 Å². The van der Waals surface area contributed by atoms with Crippen LogP contribution in [0.25, 0.3) is 10.9 Å². The van der Waals surface area contributed by atoms with Gasteiger partial charge in [0, 0.05) is 30.3 Å². The number of benzene rings is 2. The molecule has 1 heterocycles. The van der Waals surface area contributed by atoms with E-state index in [1.807, 2.05) is 0 Å². The summed E-state index contributed by atoms with van der Waals surface area (Å²) in [5.74, 6) is 0.559. The van der Waals surface area contributed by atoms with Crippen LogP contribution in [0.4, 0.5) is 5.69 Å². The fourth-order valence-corrected chi connectivity index (χ4v) is 2.91. The van der Waals surface area contributed by atoms with Crippen LogP contribution in [0.1, 0.15) is 23.7 Å². The Morgan fingerprint density at radius 2 is 1.83 bits per heavy atom. The summed E-state index contributed by atoms with van der Waals surface area (Å²) in [4.78, 5) is 40.7. The highest BCUT2D eigenvalue weighted by molar-refractivity contribution is 5.97. The molecule has 0 aliphatic rings. The number of carbonyl (C=O) groups excluding carboxylic acids is 2. The summed E-state index contributed by atoms with van der Waals surface area (Å²) in [6.45, 7) is 1.62. The molecular weight excluding hydrogens is 374 g/mol. The van der Waals surface area contributed by atoms with E-state index in [1.54, 1.807) is 36.4 Å². The van der Waals surface area contributed by atoms with Crippen molar-refractivity contribution in [3.8, 4) is 11.5 Å². The van der Waals surface area contributed by atoms with E-state index in [4.69, 9.17) is 9.47 Å². The predicted octanol–water partition coefficient (Wildman–Crippen LogP) is 2.65. The molecule has 1 N–H and O–H groups in total. The first-order chi connectivity index (χ1) is 13.9. The molecule has 8 heteroatoms. The maximum Gasteiger partial charge on any atom is 0.261 e. The molecule has 8 nitrogen and oxygen atoms in total. The van der Waals surface area contributed by atoms with Gasteiger partial charge in [-0.1, -0.05) is 12.1 Å². The topological polar surface area (TPSA) is 99.5 Å². The number of hydrogen-bond acceptors (Lipinski definition) is 6. The van der Waals surface area contributed by atoms with Gasteiger partial charge in [-0.15, -0.1) is 0 Å². The van der Waals surface area contributed by atoms with Crippen molar-refractivity contribution < 1.29 is 19.1 Å². The van der Waals surface area contributed by atoms with Gasteiger partial charge in [-0.25, -0.2) is 4.98 Å². The highest BCUT2D eigenvalue weighted by Crippen LogP contribution is 2.29. The van der Waals surface area contributed by atoms with Crippen LogP contribution >= 0.6 is 0 Å². The fourth-order valence-electron chi connectivity index (χ4n) is 2.91. The molecule has 3 rings (SSSR count). The van der Waals surface area contributed by atoms with Gasteiger partial charge in [0.15, 0.2) is 17.3 Å². The van der Waals surface area contributed by atoms with Crippen molar-refractivity contribution >= 4 is 28.3 Å². The van der Waals surface area contributed by atoms with Gasteiger partial charge in [0.25, 0.3) is 5.56 Å². The molecule has 0 spiro atoms. The summed E-state index contributed by atoms with van der Waals surface area (Å²) < 4.78 is 11.8. The lowest BCUT2D eigenvalue weighted by Crippen LogP contribution is -2.23. The zero-order valence-electron chi connectivity index (χ0n) is 16.4. The highest BCUT2D eigenvalue weighted by atomic mass is 16.5. The minimum atomic E-state index is -0.276. The highest BCUT2D eigenvalue weighted by Gasteiger charge is 2.12. The van der Waals surface area contributed by atoms with Crippen molar-refractivity contribution in [3.05, 3.63) is 58.6 Å². The van der Waals surface area contributed by atoms with E-state index >= 15 is 0 Å². The van der Waals surface area contributed by atoms with Gasteiger partial charge < -0.3 is 14.8 Å². The number of aryl methyl sites for hydroxylation is 1.